The maximum Gasteiger partial charge on any atom is 0.251 e. The van der Waals surface area contributed by atoms with E-state index in [2.05, 4.69) is 21.2 Å². The number of benzene rings is 1. The van der Waals surface area contributed by atoms with Crippen LogP contribution in [0.1, 0.15) is 23.2 Å². The first-order chi connectivity index (χ1) is 9.19. The Kier molecular flexibility index (Phi) is 4.78. The minimum Gasteiger partial charge on any atom is -0.454 e. The van der Waals surface area contributed by atoms with Crippen LogP contribution in [0.25, 0.3) is 0 Å². The van der Waals surface area contributed by atoms with Gasteiger partial charge in [-0.1, -0.05) is 0 Å². The van der Waals surface area contributed by atoms with Gasteiger partial charge in [-0.3, -0.25) is 4.79 Å². The number of nitrogens with two attached hydrogens (primary N) is 1. The van der Waals surface area contributed by atoms with Crippen LogP contribution in [0.4, 0.5) is 0 Å². The molecule has 1 aliphatic carbocycles. The third-order valence-corrected chi connectivity index (χ3v) is 4.04. The Balaban J connectivity index is 0.00000147. The molecule has 7 heteroatoms. The van der Waals surface area contributed by atoms with Gasteiger partial charge in [-0.2, -0.15) is 0 Å². The molecule has 0 saturated heterocycles. The Labute approximate surface area is 131 Å². The van der Waals surface area contributed by atoms with E-state index in [0.29, 0.717) is 29.5 Å². The second kappa shape index (κ2) is 6.20. The average Bonchev–Trinajstić information content (AvgIpc) is 3.13. The van der Waals surface area contributed by atoms with Crippen molar-refractivity contribution in [1.29, 1.82) is 0 Å². The van der Waals surface area contributed by atoms with Crippen LogP contribution in [0.5, 0.6) is 11.5 Å². The van der Waals surface area contributed by atoms with Crippen LogP contribution in [0.15, 0.2) is 16.6 Å². The third kappa shape index (κ3) is 3.02. The molecule has 3 rings (SSSR count). The molecule has 0 aromatic heterocycles. The van der Waals surface area contributed by atoms with Crippen molar-refractivity contribution in [1.82, 2.24) is 5.32 Å². The fraction of sp³-hybridized carbons (Fsp3) is 0.462. The molecule has 1 aromatic carbocycles. The standard InChI is InChI=1S/C13H15BrN2O3.ClH/c14-9-3-8(4-11-12(9)19-6-18-11)13(17)16-10(5-15)7-1-2-7;/h3-4,7,10H,1-2,5-6,15H2,(H,16,17);1H. The van der Waals surface area contributed by atoms with Crippen LogP contribution in [0, 0.1) is 5.92 Å². The van der Waals surface area contributed by atoms with Crippen molar-refractivity contribution in [2.45, 2.75) is 18.9 Å². The molecule has 0 spiro atoms. The molecule has 110 valence electrons. The van der Waals surface area contributed by atoms with E-state index in [-0.39, 0.29) is 31.1 Å². The first kappa shape index (κ1) is 15.4. The summed E-state index contributed by atoms with van der Waals surface area (Å²) in [5, 5.41) is 2.98. The molecule has 20 heavy (non-hydrogen) atoms. The lowest BCUT2D eigenvalue weighted by molar-refractivity contribution is 0.0933. The summed E-state index contributed by atoms with van der Waals surface area (Å²) in [6.07, 6.45) is 2.29. The van der Waals surface area contributed by atoms with E-state index in [1.807, 2.05) is 0 Å². The lowest BCUT2D eigenvalue weighted by Crippen LogP contribution is -2.41. The SMILES string of the molecule is Cl.NCC(NC(=O)c1cc(Br)c2c(c1)OCO2)C1CC1. The molecular weight excluding hydrogens is 348 g/mol. The maximum atomic E-state index is 12.2. The summed E-state index contributed by atoms with van der Waals surface area (Å²) in [6, 6.07) is 3.50. The van der Waals surface area contributed by atoms with Crippen molar-refractivity contribution < 1.29 is 14.3 Å². The molecule has 1 aromatic rings. The Hall–Kier alpha value is -0.980. The number of amides is 1. The lowest BCUT2D eigenvalue weighted by atomic mass is 10.1. The summed E-state index contributed by atoms with van der Waals surface area (Å²) in [6.45, 7) is 0.661. The van der Waals surface area contributed by atoms with Gasteiger partial charge in [-0.15, -0.1) is 12.4 Å². The van der Waals surface area contributed by atoms with Crippen molar-refractivity contribution in [3.8, 4) is 11.5 Å². The van der Waals surface area contributed by atoms with Gasteiger partial charge < -0.3 is 20.5 Å². The average molecular weight is 364 g/mol. The first-order valence-electron chi connectivity index (χ1n) is 6.29. The first-order valence-corrected chi connectivity index (χ1v) is 7.08. The summed E-state index contributed by atoms with van der Waals surface area (Å²) in [5.74, 6) is 1.65. The number of fused-ring (bicyclic) bond motifs is 1. The molecular formula is C13H16BrClN2O3. The van der Waals surface area contributed by atoms with Crippen LogP contribution in [0.2, 0.25) is 0 Å². The van der Waals surface area contributed by atoms with Crippen molar-refractivity contribution in [2.75, 3.05) is 13.3 Å². The molecule has 0 radical (unpaired) electrons. The molecule has 1 saturated carbocycles. The van der Waals surface area contributed by atoms with E-state index < -0.39 is 0 Å². The predicted octanol–water partition coefficient (Wildman–Crippen LogP) is 2.07. The zero-order valence-corrected chi connectivity index (χ0v) is 13.1. The monoisotopic (exact) mass is 362 g/mol. The number of halogens is 2. The normalized spacial score (nSPS) is 17.3. The topological polar surface area (TPSA) is 73.6 Å². The molecule has 1 amide bonds. The number of carbonyl (C=O) groups excluding carboxylic acids is 1. The minimum atomic E-state index is -0.124. The Morgan fingerprint density at radius 1 is 1.45 bits per heavy atom. The van der Waals surface area contributed by atoms with Crippen LogP contribution in [-0.4, -0.2) is 25.3 Å². The van der Waals surface area contributed by atoms with Crippen molar-refractivity contribution >= 4 is 34.2 Å². The minimum absolute atomic E-state index is 0. The van der Waals surface area contributed by atoms with Gasteiger partial charge in [0.2, 0.25) is 6.79 Å². The number of carbonyl (C=O) groups is 1. The number of hydrogen-bond donors (Lipinski definition) is 2. The second-order valence-corrected chi connectivity index (χ2v) is 5.70. The van der Waals surface area contributed by atoms with Gasteiger partial charge in [0.25, 0.3) is 5.91 Å². The van der Waals surface area contributed by atoms with E-state index in [1.54, 1.807) is 12.1 Å². The number of rotatable bonds is 4. The van der Waals surface area contributed by atoms with E-state index >= 15 is 0 Å². The summed E-state index contributed by atoms with van der Waals surface area (Å²) < 4.78 is 11.3. The van der Waals surface area contributed by atoms with Crippen LogP contribution in [-0.2, 0) is 0 Å². The predicted molar refractivity (Wildman–Crippen MR) is 80.5 cm³/mol. The second-order valence-electron chi connectivity index (χ2n) is 4.84. The molecule has 1 aliphatic heterocycles. The van der Waals surface area contributed by atoms with E-state index in [0.717, 1.165) is 17.3 Å². The van der Waals surface area contributed by atoms with Crippen molar-refractivity contribution in [2.24, 2.45) is 11.7 Å². The van der Waals surface area contributed by atoms with Crippen LogP contribution in [0.3, 0.4) is 0 Å². The number of nitrogens with one attached hydrogen (secondary N) is 1. The van der Waals surface area contributed by atoms with Gasteiger partial charge in [-0.05, 0) is 46.8 Å². The molecule has 3 N–H and O–H groups in total. The highest BCUT2D eigenvalue weighted by Crippen LogP contribution is 2.40. The van der Waals surface area contributed by atoms with Gasteiger partial charge in [0.05, 0.1) is 4.47 Å². The van der Waals surface area contributed by atoms with Crippen molar-refractivity contribution in [3.05, 3.63) is 22.2 Å². The summed E-state index contributed by atoms with van der Waals surface area (Å²) in [7, 11) is 0. The number of ether oxygens (including phenoxy) is 2. The van der Waals surface area contributed by atoms with E-state index in [1.165, 1.54) is 0 Å². The van der Waals surface area contributed by atoms with Gasteiger partial charge in [0.1, 0.15) is 0 Å². The highest BCUT2D eigenvalue weighted by molar-refractivity contribution is 9.10. The van der Waals surface area contributed by atoms with Gasteiger partial charge in [-0.25, -0.2) is 0 Å². The largest absolute Gasteiger partial charge is 0.454 e. The van der Waals surface area contributed by atoms with Gasteiger partial charge in [0, 0.05) is 18.2 Å². The van der Waals surface area contributed by atoms with Gasteiger partial charge >= 0.3 is 0 Å². The summed E-state index contributed by atoms with van der Waals surface area (Å²) in [5.41, 5.74) is 6.24. The molecule has 1 heterocycles. The molecule has 1 atom stereocenters. The lowest BCUT2D eigenvalue weighted by Gasteiger charge is -2.16. The van der Waals surface area contributed by atoms with Crippen LogP contribution < -0.4 is 20.5 Å². The van der Waals surface area contributed by atoms with Crippen LogP contribution >= 0.6 is 28.3 Å². The zero-order valence-electron chi connectivity index (χ0n) is 10.7. The Morgan fingerprint density at radius 2 is 2.20 bits per heavy atom. The molecule has 1 fully saturated rings. The highest BCUT2D eigenvalue weighted by Gasteiger charge is 2.31. The number of hydrogen-bond acceptors (Lipinski definition) is 4. The van der Waals surface area contributed by atoms with E-state index in [4.69, 9.17) is 15.2 Å². The summed E-state index contributed by atoms with van der Waals surface area (Å²) in [4.78, 5) is 12.2. The molecule has 5 nitrogen and oxygen atoms in total. The maximum absolute atomic E-state index is 12.2. The fourth-order valence-electron chi connectivity index (χ4n) is 2.22. The summed E-state index contributed by atoms with van der Waals surface area (Å²) >= 11 is 3.38. The fourth-order valence-corrected chi connectivity index (χ4v) is 2.77. The van der Waals surface area contributed by atoms with E-state index in [9.17, 15) is 4.79 Å². The zero-order chi connectivity index (χ0) is 13.4. The molecule has 0 bridgehead atoms. The third-order valence-electron chi connectivity index (χ3n) is 3.45. The molecule has 2 aliphatic rings. The highest BCUT2D eigenvalue weighted by atomic mass is 79.9. The Morgan fingerprint density at radius 3 is 2.85 bits per heavy atom. The quantitative estimate of drug-likeness (QED) is 0.859. The smallest absolute Gasteiger partial charge is 0.251 e. The Bertz CT molecular complexity index is 523. The van der Waals surface area contributed by atoms with Gasteiger partial charge in [0.15, 0.2) is 11.5 Å². The molecule has 1 unspecified atom stereocenters. The van der Waals surface area contributed by atoms with Crippen molar-refractivity contribution in [3.63, 3.8) is 0 Å².